The van der Waals surface area contributed by atoms with E-state index in [-0.39, 0.29) is 31.4 Å². The van der Waals surface area contributed by atoms with Crippen LogP contribution in [0.1, 0.15) is 24.8 Å². The molecule has 0 spiro atoms. The molecular weight excluding hydrogens is 310 g/mol. The number of hydrogen-bond donors (Lipinski definition) is 2. The lowest BCUT2D eigenvalue weighted by Crippen LogP contribution is -2.44. The summed E-state index contributed by atoms with van der Waals surface area (Å²) in [6.07, 6.45) is 1.52. The fourth-order valence-corrected chi connectivity index (χ4v) is 2.65. The lowest BCUT2D eigenvalue weighted by atomic mass is 10.2. The summed E-state index contributed by atoms with van der Waals surface area (Å²) in [6.45, 7) is 2.61. The molecule has 0 saturated carbocycles. The smallest absolute Gasteiger partial charge is 0.257 e. The molecule has 1 heterocycles. The molecule has 1 aliphatic heterocycles. The monoisotopic (exact) mass is 333 g/mol. The minimum Gasteiger partial charge on any atom is -0.484 e. The Hall–Kier alpha value is -2.57. The number of carbonyl (C=O) groups excluding carboxylic acids is 3. The molecule has 1 saturated heterocycles. The first kappa shape index (κ1) is 17.8. The molecule has 7 heteroatoms. The fourth-order valence-electron chi connectivity index (χ4n) is 2.65. The summed E-state index contributed by atoms with van der Waals surface area (Å²) in [4.78, 5) is 36.6. The first-order valence-corrected chi connectivity index (χ1v) is 8.02. The van der Waals surface area contributed by atoms with Crippen LogP contribution in [0.3, 0.4) is 0 Å². The number of aryl methyl sites for hydroxylation is 1. The van der Waals surface area contributed by atoms with Crippen molar-refractivity contribution >= 4 is 17.7 Å². The van der Waals surface area contributed by atoms with Crippen LogP contribution < -0.4 is 15.8 Å². The van der Waals surface area contributed by atoms with Gasteiger partial charge in [0.15, 0.2) is 6.61 Å². The molecule has 1 aromatic rings. The number of nitrogens with zero attached hydrogens (tertiary/aromatic N) is 1. The zero-order chi connectivity index (χ0) is 17.5. The second-order valence-corrected chi connectivity index (χ2v) is 5.85. The molecule has 0 radical (unpaired) electrons. The fraction of sp³-hybridized carbons (Fsp3) is 0.471. The van der Waals surface area contributed by atoms with Crippen LogP contribution in [-0.4, -0.2) is 48.4 Å². The van der Waals surface area contributed by atoms with Crippen LogP contribution >= 0.6 is 0 Å². The highest BCUT2D eigenvalue weighted by atomic mass is 16.5. The molecule has 1 unspecified atom stereocenters. The van der Waals surface area contributed by atoms with E-state index in [1.165, 1.54) is 4.90 Å². The van der Waals surface area contributed by atoms with Crippen LogP contribution in [0, 0.1) is 6.92 Å². The van der Waals surface area contributed by atoms with Gasteiger partial charge >= 0.3 is 0 Å². The van der Waals surface area contributed by atoms with Crippen LogP contribution in [0.5, 0.6) is 5.75 Å². The van der Waals surface area contributed by atoms with E-state index in [1.54, 1.807) is 12.1 Å². The number of likely N-dealkylation sites (tertiary alicyclic amines) is 1. The van der Waals surface area contributed by atoms with E-state index in [0.717, 1.165) is 12.0 Å². The van der Waals surface area contributed by atoms with Gasteiger partial charge in [-0.1, -0.05) is 17.7 Å². The Labute approximate surface area is 141 Å². The number of primary amides is 1. The summed E-state index contributed by atoms with van der Waals surface area (Å²) in [5.41, 5.74) is 6.40. The summed E-state index contributed by atoms with van der Waals surface area (Å²) in [5, 5.41) is 2.64. The topological polar surface area (TPSA) is 102 Å². The molecule has 130 valence electrons. The van der Waals surface area contributed by atoms with Crippen molar-refractivity contribution in [2.45, 2.75) is 32.2 Å². The minimum atomic E-state index is -0.516. The lowest BCUT2D eigenvalue weighted by Gasteiger charge is -2.22. The van der Waals surface area contributed by atoms with Crippen molar-refractivity contribution in [2.75, 3.05) is 19.7 Å². The van der Waals surface area contributed by atoms with Gasteiger partial charge in [-0.15, -0.1) is 0 Å². The first-order valence-electron chi connectivity index (χ1n) is 8.02. The van der Waals surface area contributed by atoms with Crippen LogP contribution in [-0.2, 0) is 14.4 Å². The van der Waals surface area contributed by atoms with E-state index in [2.05, 4.69) is 5.32 Å². The molecule has 1 fully saturated rings. The summed E-state index contributed by atoms with van der Waals surface area (Å²) >= 11 is 0. The minimum absolute atomic E-state index is 0.106. The molecule has 0 aliphatic carbocycles. The average Bonchev–Trinajstić information content (AvgIpc) is 3.04. The third kappa shape index (κ3) is 4.97. The maximum absolute atomic E-state index is 12.1. The quantitative estimate of drug-likeness (QED) is 0.752. The van der Waals surface area contributed by atoms with Gasteiger partial charge in [-0.2, -0.15) is 0 Å². The van der Waals surface area contributed by atoms with E-state index in [4.69, 9.17) is 10.5 Å². The van der Waals surface area contributed by atoms with Crippen molar-refractivity contribution in [3.63, 3.8) is 0 Å². The molecule has 3 N–H and O–H groups in total. The highest BCUT2D eigenvalue weighted by molar-refractivity contribution is 5.87. The summed E-state index contributed by atoms with van der Waals surface area (Å²) in [6, 6.07) is 6.87. The Kier molecular flexibility index (Phi) is 6.17. The van der Waals surface area contributed by atoms with Crippen LogP contribution in [0.4, 0.5) is 0 Å². The number of carbonyl (C=O) groups is 3. The predicted molar refractivity (Wildman–Crippen MR) is 88.2 cm³/mol. The number of nitrogens with two attached hydrogens (primary N) is 1. The zero-order valence-electron chi connectivity index (χ0n) is 13.8. The van der Waals surface area contributed by atoms with E-state index in [9.17, 15) is 14.4 Å². The molecule has 0 bridgehead atoms. The van der Waals surface area contributed by atoms with Crippen molar-refractivity contribution in [3.05, 3.63) is 29.8 Å². The van der Waals surface area contributed by atoms with Gasteiger partial charge in [-0.3, -0.25) is 14.4 Å². The first-order chi connectivity index (χ1) is 11.5. The number of benzene rings is 1. The van der Waals surface area contributed by atoms with Crippen molar-refractivity contribution in [3.8, 4) is 5.75 Å². The van der Waals surface area contributed by atoms with E-state index in [1.807, 2.05) is 19.1 Å². The van der Waals surface area contributed by atoms with E-state index in [0.29, 0.717) is 18.7 Å². The molecule has 2 rings (SSSR count). The predicted octanol–water partition coefficient (Wildman–Crippen LogP) is 0.356. The molecule has 1 aromatic carbocycles. The molecule has 0 aromatic heterocycles. The molecule has 1 atom stereocenters. The van der Waals surface area contributed by atoms with Gasteiger partial charge in [0, 0.05) is 19.5 Å². The van der Waals surface area contributed by atoms with E-state index < -0.39 is 11.9 Å². The third-order valence-corrected chi connectivity index (χ3v) is 3.95. The summed E-state index contributed by atoms with van der Waals surface area (Å²) in [5.74, 6) is -0.322. The normalized spacial score (nSPS) is 16.7. The molecular formula is C17H23N3O4. The van der Waals surface area contributed by atoms with Gasteiger partial charge in [-0.05, 0) is 31.9 Å². The average molecular weight is 333 g/mol. The Bertz CT molecular complexity index is 600. The number of nitrogens with one attached hydrogen (secondary N) is 1. The van der Waals surface area contributed by atoms with Crippen molar-refractivity contribution in [1.82, 2.24) is 10.2 Å². The highest BCUT2D eigenvalue weighted by Crippen LogP contribution is 2.17. The maximum atomic E-state index is 12.1. The zero-order valence-corrected chi connectivity index (χ0v) is 13.8. The summed E-state index contributed by atoms with van der Waals surface area (Å²) in [7, 11) is 0. The molecule has 24 heavy (non-hydrogen) atoms. The van der Waals surface area contributed by atoms with Crippen LogP contribution in [0.2, 0.25) is 0 Å². The standard InChI is InChI=1S/C17H23N3O4/c1-12-4-6-13(7-5-12)24-11-15(21)19-9-8-16(22)20-10-2-3-14(20)17(18)23/h4-7,14H,2-3,8-11H2,1H3,(H2,18,23)(H,19,21). The van der Waals surface area contributed by atoms with Crippen molar-refractivity contribution in [2.24, 2.45) is 5.73 Å². The number of ether oxygens (including phenoxy) is 1. The molecule has 3 amide bonds. The van der Waals surface area contributed by atoms with Crippen molar-refractivity contribution < 1.29 is 19.1 Å². The summed E-state index contributed by atoms with van der Waals surface area (Å²) < 4.78 is 5.36. The van der Waals surface area contributed by atoms with Gasteiger partial charge in [-0.25, -0.2) is 0 Å². The van der Waals surface area contributed by atoms with Gasteiger partial charge in [0.1, 0.15) is 11.8 Å². The number of rotatable bonds is 7. The maximum Gasteiger partial charge on any atom is 0.257 e. The Morgan fingerprint density at radius 1 is 1.29 bits per heavy atom. The third-order valence-electron chi connectivity index (χ3n) is 3.95. The van der Waals surface area contributed by atoms with Gasteiger partial charge in [0.2, 0.25) is 11.8 Å². The largest absolute Gasteiger partial charge is 0.484 e. The van der Waals surface area contributed by atoms with Gasteiger partial charge in [0.25, 0.3) is 5.91 Å². The lowest BCUT2D eigenvalue weighted by molar-refractivity contribution is -0.137. The number of hydrogen-bond acceptors (Lipinski definition) is 4. The highest BCUT2D eigenvalue weighted by Gasteiger charge is 2.32. The second kappa shape index (κ2) is 8.33. The molecule has 7 nitrogen and oxygen atoms in total. The van der Waals surface area contributed by atoms with Crippen LogP contribution in [0.25, 0.3) is 0 Å². The van der Waals surface area contributed by atoms with Crippen molar-refractivity contribution in [1.29, 1.82) is 0 Å². The van der Waals surface area contributed by atoms with E-state index >= 15 is 0 Å². The molecule has 1 aliphatic rings. The Balaban J connectivity index is 1.67. The SMILES string of the molecule is Cc1ccc(OCC(=O)NCCC(=O)N2CCCC2C(N)=O)cc1. The van der Waals surface area contributed by atoms with Gasteiger partial charge in [0.05, 0.1) is 0 Å². The van der Waals surface area contributed by atoms with Crippen LogP contribution in [0.15, 0.2) is 24.3 Å². The Morgan fingerprint density at radius 2 is 2.00 bits per heavy atom. The number of amides is 3. The van der Waals surface area contributed by atoms with Gasteiger partial charge < -0.3 is 20.7 Å². The second-order valence-electron chi connectivity index (χ2n) is 5.85. The Morgan fingerprint density at radius 3 is 2.67 bits per heavy atom.